The molecule has 9 nitrogen and oxygen atoms in total. The molecule has 0 unspecified atom stereocenters. The first-order valence-electron chi connectivity index (χ1n) is 13.9. The maximum Gasteiger partial charge on any atom is 0.416 e. The molecule has 0 amide bonds. The van der Waals surface area contributed by atoms with E-state index in [1.54, 1.807) is 31.2 Å². The quantitative estimate of drug-likeness (QED) is 0.165. The Balaban J connectivity index is 1.67. The minimum atomic E-state index is -5.04. The van der Waals surface area contributed by atoms with Crippen molar-refractivity contribution in [3.8, 4) is 0 Å². The van der Waals surface area contributed by atoms with Crippen LogP contribution >= 0.6 is 0 Å². The van der Waals surface area contributed by atoms with Crippen LogP contribution in [0.3, 0.4) is 0 Å². The normalized spacial score (nSPS) is 14.4. The number of carbonyl (C=O) groups is 2. The number of rotatable bonds is 8. The van der Waals surface area contributed by atoms with E-state index in [2.05, 4.69) is 15.4 Å². The molecule has 1 fully saturated rings. The SMILES string of the molecule is CCOC(=O)c1c(CN(Cc2cc(C(F)(F)F)cc(C(F)(F)F)c2)c2nnn(C)n2)c2ccccc2n1C(=O)C1CCCC1. The number of aryl methyl sites for hydroxylation is 1. The van der Waals surface area contributed by atoms with Gasteiger partial charge >= 0.3 is 18.3 Å². The van der Waals surface area contributed by atoms with Crippen LogP contribution in [0.25, 0.3) is 10.9 Å². The Morgan fingerprint density at radius 2 is 1.61 bits per heavy atom. The smallest absolute Gasteiger partial charge is 0.416 e. The molecule has 2 aromatic heterocycles. The van der Waals surface area contributed by atoms with E-state index in [0.29, 0.717) is 35.9 Å². The third-order valence-corrected chi connectivity index (χ3v) is 7.52. The molecular formula is C29H28F6N6O3. The van der Waals surface area contributed by atoms with Crippen LogP contribution in [-0.2, 0) is 37.2 Å². The zero-order valence-corrected chi connectivity index (χ0v) is 23.7. The van der Waals surface area contributed by atoms with Gasteiger partial charge in [0.2, 0.25) is 5.91 Å². The van der Waals surface area contributed by atoms with Gasteiger partial charge < -0.3 is 9.64 Å². The van der Waals surface area contributed by atoms with E-state index in [-0.39, 0.29) is 53.8 Å². The van der Waals surface area contributed by atoms with E-state index in [0.717, 1.165) is 17.6 Å². The molecule has 0 atom stereocenters. The Morgan fingerprint density at radius 3 is 2.18 bits per heavy atom. The summed E-state index contributed by atoms with van der Waals surface area (Å²) >= 11 is 0. The van der Waals surface area contributed by atoms with Gasteiger partial charge in [-0.05, 0) is 54.8 Å². The van der Waals surface area contributed by atoms with E-state index >= 15 is 0 Å². The van der Waals surface area contributed by atoms with Crippen molar-refractivity contribution < 1.29 is 40.7 Å². The maximum atomic E-state index is 13.8. The molecule has 15 heteroatoms. The summed E-state index contributed by atoms with van der Waals surface area (Å²) in [4.78, 5) is 29.6. The Labute approximate surface area is 247 Å². The number of hydrogen-bond acceptors (Lipinski definition) is 7. The number of fused-ring (bicyclic) bond motifs is 1. The number of para-hydroxylation sites is 1. The Morgan fingerprint density at radius 1 is 0.977 bits per heavy atom. The van der Waals surface area contributed by atoms with Gasteiger partial charge in [0.1, 0.15) is 5.69 Å². The molecule has 1 saturated carbocycles. The van der Waals surface area contributed by atoms with Crippen LogP contribution in [0.4, 0.5) is 32.3 Å². The number of aromatic nitrogens is 5. The third kappa shape index (κ3) is 6.26. The molecule has 0 spiro atoms. The highest BCUT2D eigenvalue weighted by Gasteiger charge is 2.38. The molecule has 0 bridgehead atoms. The molecule has 0 saturated heterocycles. The zero-order valence-electron chi connectivity index (χ0n) is 23.7. The zero-order chi connectivity index (χ0) is 31.8. The fourth-order valence-corrected chi connectivity index (χ4v) is 5.58. The lowest BCUT2D eigenvalue weighted by Gasteiger charge is -2.23. The van der Waals surface area contributed by atoms with Crippen molar-refractivity contribution in [2.24, 2.45) is 13.0 Å². The molecule has 5 rings (SSSR count). The van der Waals surface area contributed by atoms with Crippen molar-refractivity contribution >= 4 is 28.7 Å². The summed E-state index contributed by atoms with van der Waals surface area (Å²) in [5.41, 5.74) is -2.64. The van der Waals surface area contributed by atoms with Crippen molar-refractivity contribution in [2.45, 2.75) is 58.0 Å². The van der Waals surface area contributed by atoms with Crippen molar-refractivity contribution in [1.29, 1.82) is 0 Å². The molecule has 0 N–H and O–H groups in total. The van der Waals surface area contributed by atoms with Gasteiger partial charge in [-0.1, -0.05) is 36.1 Å². The van der Waals surface area contributed by atoms with Gasteiger partial charge in [0.15, 0.2) is 0 Å². The van der Waals surface area contributed by atoms with Gasteiger partial charge in [-0.3, -0.25) is 9.36 Å². The number of anilines is 1. The van der Waals surface area contributed by atoms with Gasteiger partial charge in [0, 0.05) is 30.0 Å². The Bertz CT molecular complexity index is 1650. The molecule has 44 heavy (non-hydrogen) atoms. The Hall–Kier alpha value is -4.43. The van der Waals surface area contributed by atoms with E-state index in [1.807, 2.05) is 0 Å². The highest BCUT2D eigenvalue weighted by molar-refractivity contribution is 6.06. The van der Waals surface area contributed by atoms with Crippen molar-refractivity contribution in [2.75, 3.05) is 11.5 Å². The number of benzene rings is 2. The molecular weight excluding hydrogens is 594 g/mol. The molecule has 1 aliphatic rings. The fraction of sp³-hybridized carbons (Fsp3) is 0.414. The number of halogens is 6. The number of nitrogens with zero attached hydrogens (tertiary/aromatic N) is 6. The first-order chi connectivity index (χ1) is 20.8. The summed E-state index contributed by atoms with van der Waals surface area (Å²) in [6, 6.07) is 8.04. The summed E-state index contributed by atoms with van der Waals surface area (Å²) in [5, 5.41) is 12.3. The maximum absolute atomic E-state index is 13.8. The first kappa shape index (κ1) is 31.0. The van der Waals surface area contributed by atoms with E-state index in [4.69, 9.17) is 4.74 Å². The summed E-state index contributed by atoms with van der Waals surface area (Å²) in [6.45, 7) is 0.808. The van der Waals surface area contributed by atoms with E-state index in [9.17, 15) is 35.9 Å². The summed E-state index contributed by atoms with van der Waals surface area (Å²) < 4.78 is 88.5. The van der Waals surface area contributed by atoms with Gasteiger partial charge in [0.25, 0.3) is 5.95 Å². The average molecular weight is 623 g/mol. The number of esters is 1. The number of alkyl halides is 6. The second kappa shape index (κ2) is 11.9. The van der Waals surface area contributed by atoms with Gasteiger partial charge in [0.05, 0.1) is 30.3 Å². The predicted octanol–water partition coefficient (Wildman–Crippen LogP) is 6.42. The second-order valence-electron chi connectivity index (χ2n) is 10.6. The van der Waals surface area contributed by atoms with Crippen LogP contribution in [0.15, 0.2) is 42.5 Å². The largest absolute Gasteiger partial charge is 0.461 e. The van der Waals surface area contributed by atoms with Crippen LogP contribution in [0.5, 0.6) is 0 Å². The minimum absolute atomic E-state index is 0.00268. The highest BCUT2D eigenvalue weighted by Crippen LogP contribution is 2.38. The molecule has 0 radical (unpaired) electrons. The lowest BCUT2D eigenvalue weighted by molar-refractivity contribution is -0.143. The number of carbonyl (C=O) groups excluding carboxylic acids is 2. The molecule has 0 aliphatic heterocycles. The fourth-order valence-electron chi connectivity index (χ4n) is 5.58. The minimum Gasteiger partial charge on any atom is -0.461 e. The molecule has 1 aliphatic carbocycles. The second-order valence-corrected chi connectivity index (χ2v) is 10.6. The summed E-state index contributed by atoms with van der Waals surface area (Å²) in [6.07, 6.45) is -7.07. The van der Waals surface area contributed by atoms with E-state index in [1.165, 1.54) is 16.5 Å². The van der Waals surface area contributed by atoms with Crippen LogP contribution in [0.2, 0.25) is 0 Å². The average Bonchev–Trinajstić information content (AvgIpc) is 3.71. The lowest BCUT2D eigenvalue weighted by atomic mass is 10.0. The van der Waals surface area contributed by atoms with Crippen molar-refractivity contribution in [3.05, 3.63) is 70.4 Å². The van der Waals surface area contributed by atoms with Crippen LogP contribution in [-0.4, -0.2) is 43.3 Å². The molecule has 234 valence electrons. The monoisotopic (exact) mass is 622 g/mol. The summed E-state index contributed by atoms with van der Waals surface area (Å²) in [5.74, 6) is -1.52. The highest BCUT2D eigenvalue weighted by atomic mass is 19.4. The lowest BCUT2D eigenvalue weighted by Crippen LogP contribution is -2.28. The Kier molecular flexibility index (Phi) is 8.40. The number of hydrogen-bond donors (Lipinski definition) is 0. The van der Waals surface area contributed by atoms with Crippen LogP contribution < -0.4 is 4.90 Å². The third-order valence-electron chi connectivity index (χ3n) is 7.52. The molecule has 2 aromatic carbocycles. The van der Waals surface area contributed by atoms with Crippen LogP contribution in [0.1, 0.15) is 70.1 Å². The van der Waals surface area contributed by atoms with Gasteiger partial charge in [-0.15, -0.1) is 5.10 Å². The summed E-state index contributed by atoms with van der Waals surface area (Å²) in [7, 11) is 1.44. The van der Waals surface area contributed by atoms with Crippen LogP contribution in [0, 0.1) is 5.92 Å². The first-order valence-corrected chi connectivity index (χ1v) is 13.9. The van der Waals surface area contributed by atoms with E-state index < -0.39 is 36.0 Å². The topological polar surface area (TPSA) is 95.1 Å². The number of tetrazole rings is 1. The predicted molar refractivity (Wildman–Crippen MR) is 146 cm³/mol. The van der Waals surface area contributed by atoms with Crippen molar-refractivity contribution in [3.63, 3.8) is 0 Å². The standard InChI is InChI=1S/C29H28F6N6O3/c1-3-44-26(43)24-22(21-10-6-7-11-23(21)41(24)25(42)18-8-4-5-9-18)16-40(27-36-38-39(2)37-27)15-17-12-19(28(30,31)32)14-20(13-17)29(33,34)35/h6-7,10-14,18H,3-5,8-9,15-16H2,1-2H3. The molecule has 2 heterocycles. The molecule has 4 aromatic rings. The van der Waals surface area contributed by atoms with Crippen molar-refractivity contribution in [1.82, 2.24) is 24.8 Å². The van der Waals surface area contributed by atoms with Gasteiger partial charge in [-0.25, -0.2) is 4.79 Å². The number of ether oxygens (including phenoxy) is 1. The van der Waals surface area contributed by atoms with Gasteiger partial charge in [-0.2, -0.15) is 31.1 Å².